The molecule has 140 valence electrons. The van der Waals surface area contributed by atoms with Crippen LogP contribution in [0.1, 0.15) is 16.8 Å². The number of nitrogens with one attached hydrogen (secondary N) is 1. The van der Waals surface area contributed by atoms with Gasteiger partial charge < -0.3 is 14.8 Å². The lowest BCUT2D eigenvalue weighted by Crippen LogP contribution is -2.30. The van der Waals surface area contributed by atoms with Gasteiger partial charge in [-0.1, -0.05) is 0 Å². The van der Waals surface area contributed by atoms with Gasteiger partial charge >= 0.3 is 0 Å². The molecule has 27 heavy (non-hydrogen) atoms. The second-order valence-electron chi connectivity index (χ2n) is 7.47. The van der Waals surface area contributed by atoms with Crippen LogP contribution in [0.2, 0.25) is 0 Å². The first kappa shape index (κ1) is 17.7. The van der Waals surface area contributed by atoms with E-state index in [0.717, 1.165) is 49.1 Å². The SMILES string of the molecule is C=Nc1ccc(N2CCc3[nH]c4ccc(F)cc4c3C2)cc1CCN(C)C. The number of likely N-dealkylation sites (N-methyl/N-ethyl adjacent to an activating group) is 1. The van der Waals surface area contributed by atoms with Gasteiger partial charge in [-0.2, -0.15) is 0 Å². The summed E-state index contributed by atoms with van der Waals surface area (Å²) in [5.41, 5.74) is 6.80. The molecule has 0 amide bonds. The van der Waals surface area contributed by atoms with Gasteiger partial charge in [0, 0.05) is 53.9 Å². The number of benzene rings is 2. The number of H-pyrrole nitrogens is 1. The summed E-state index contributed by atoms with van der Waals surface area (Å²) in [6.07, 6.45) is 1.87. The summed E-state index contributed by atoms with van der Waals surface area (Å²) in [6.45, 7) is 6.40. The standard InChI is InChI=1S/C22H25FN4/c1-24-20-7-5-17(12-15(20)8-10-26(2)3)27-11-9-22-19(14-27)18-13-16(23)4-6-21(18)25-22/h4-7,12-13,25H,1,8-11,14H2,2-3H3. The molecule has 0 unspecified atom stereocenters. The molecule has 0 saturated carbocycles. The first-order valence-corrected chi connectivity index (χ1v) is 9.33. The van der Waals surface area contributed by atoms with Gasteiger partial charge in [-0.25, -0.2) is 4.39 Å². The third-order valence-corrected chi connectivity index (χ3v) is 5.36. The van der Waals surface area contributed by atoms with Crippen molar-refractivity contribution in [1.82, 2.24) is 9.88 Å². The third-order valence-electron chi connectivity index (χ3n) is 5.36. The quantitative estimate of drug-likeness (QED) is 0.685. The molecule has 1 N–H and O–H groups in total. The first-order chi connectivity index (χ1) is 13.0. The van der Waals surface area contributed by atoms with E-state index in [4.69, 9.17) is 0 Å². The highest BCUT2D eigenvalue weighted by atomic mass is 19.1. The van der Waals surface area contributed by atoms with Crippen LogP contribution in [-0.4, -0.2) is 43.8 Å². The molecule has 0 atom stereocenters. The molecule has 0 fully saturated rings. The molecule has 0 spiro atoms. The van der Waals surface area contributed by atoms with Crippen molar-refractivity contribution in [3.8, 4) is 0 Å². The van der Waals surface area contributed by atoms with Gasteiger partial charge in [0.05, 0.1) is 5.69 Å². The Kier molecular flexibility index (Phi) is 4.70. The van der Waals surface area contributed by atoms with Crippen LogP contribution < -0.4 is 4.90 Å². The summed E-state index contributed by atoms with van der Waals surface area (Å²) in [5.74, 6) is -0.186. The minimum Gasteiger partial charge on any atom is -0.367 e. The molecule has 1 aliphatic rings. The fraction of sp³-hybridized carbons (Fsp3) is 0.318. The van der Waals surface area contributed by atoms with Crippen LogP contribution in [0.3, 0.4) is 0 Å². The number of hydrogen-bond donors (Lipinski definition) is 1. The Balaban J connectivity index is 1.65. The van der Waals surface area contributed by atoms with E-state index in [1.807, 2.05) is 6.07 Å². The second kappa shape index (κ2) is 7.16. The van der Waals surface area contributed by atoms with Crippen molar-refractivity contribution in [3.05, 3.63) is 59.0 Å². The zero-order valence-corrected chi connectivity index (χ0v) is 15.9. The average molecular weight is 364 g/mol. The van der Waals surface area contributed by atoms with Crippen LogP contribution in [0, 0.1) is 5.82 Å². The van der Waals surface area contributed by atoms with E-state index < -0.39 is 0 Å². The van der Waals surface area contributed by atoms with Crippen LogP contribution in [0.4, 0.5) is 15.8 Å². The van der Waals surface area contributed by atoms with E-state index >= 15 is 0 Å². The number of fused-ring (bicyclic) bond motifs is 3. The van der Waals surface area contributed by atoms with E-state index in [0.29, 0.717) is 0 Å². The molecule has 5 heteroatoms. The van der Waals surface area contributed by atoms with Crippen LogP contribution in [0.15, 0.2) is 41.4 Å². The van der Waals surface area contributed by atoms with Crippen LogP contribution >= 0.6 is 0 Å². The zero-order valence-electron chi connectivity index (χ0n) is 15.9. The Hall–Kier alpha value is -2.66. The lowest BCUT2D eigenvalue weighted by atomic mass is 10.0. The molecule has 3 aromatic rings. The van der Waals surface area contributed by atoms with Crippen LogP contribution in [0.5, 0.6) is 0 Å². The number of aromatic amines is 1. The Morgan fingerprint density at radius 3 is 2.85 bits per heavy atom. The molecule has 1 aliphatic heterocycles. The van der Waals surface area contributed by atoms with Gasteiger partial charge in [-0.3, -0.25) is 4.99 Å². The molecular formula is C22H25FN4. The van der Waals surface area contributed by atoms with Crippen molar-refractivity contribution in [3.63, 3.8) is 0 Å². The van der Waals surface area contributed by atoms with Crippen LogP contribution in [0.25, 0.3) is 10.9 Å². The van der Waals surface area contributed by atoms with Gasteiger partial charge in [-0.05, 0) is 69.2 Å². The average Bonchev–Trinajstić information content (AvgIpc) is 3.03. The predicted octanol–water partition coefficient (Wildman–Crippen LogP) is 4.31. The highest BCUT2D eigenvalue weighted by Crippen LogP contribution is 2.32. The van der Waals surface area contributed by atoms with E-state index in [1.54, 1.807) is 6.07 Å². The highest BCUT2D eigenvalue weighted by Gasteiger charge is 2.21. The number of aromatic nitrogens is 1. The van der Waals surface area contributed by atoms with Gasteiger partial charge in [0.2, 0.25) is 0 Å². The molecule has 1 aromatic heterocycles. The number of rotatable bonds is 5. The van der Waals surface area contributed by atoms with Crippen molar-refractivity contribution in [2.24, 2.45) is 4.99 Å². The summed E-state index contributed by atoms with van der Waals surface area (Å²) in [7, 11) is 4.15. The molecule has 0 bridgehead atoms. The van der Waals surface area contributed by atoms with Gasteiger partial charge in [0.1, 0.15) is 5.82 Å². The summed E-state index contributed by atoms with van der Waals surface area (Å²) in [6, 6.07) is 11.4. The van der Waals surface area contributed by atoms with Crippen molar-refractivity contribution >= 4 is 29.0 Å². The van der Waals surface area contributed by atoms with Crippen molar-refractivity contribution in [1.29, 1.82) is 0 Å². The van der Waals surface area contributed by atoms with E-state index in [9.17, 15) is 4.39 Å². The maximum Gasteiger partial charge on any atom is 0.123 e. The minimum atomic E-state index is -0.186. The summed E-state index contributed by atoms with van der Waals surface area (Å²) >= 11 is 0. The topological polar surface area (TPSA) is 34.6 Å². The zero-order chi connectivity index (χ0) is 19.0. The summed E-state index contributed by atoms with van der Waals surface area (Å²) < 4.78 is 13.7. The third kappa shape index (κ3) is 3.47. The Morgan fingerprint density at radius 1 is 1.22 bits per heavy atom. The summed E-state index contributed by atoms with van der Waals surface area (Å²) in [4.78, 5) is 12.2. The maximum absolute atomic E-state index is 13.7. The number of aliphatic imine (C=N–C) groups is 1. The molecule has 2 aromatic carbocycles. The Morgan fingerprint density at radius 2 is 2.07 bits per heavy atom. The second-order valence-corrected chi connectivity index (χ2v) is 7.47. The summed E-state index contributed by atoms with van der Waals surface area (Å²) in [5, 5.41) is 0.993. The maximum atomic E-state index is 13.7. The van der Waals surface area contributed by atoms with Gasteiger partial charge in [0.25, 0.3) is 0 Å². The van der Waals surface area contributed by atoms with Crippen molar-refractivity contribution in [2.75, 3.05) is 32.1 Å². The first-order valence-electron chi connectivity index (χ1n) is 9.33. The highest BCUT2D eigenvalue weighted by molar-refractivity contribution is 5.85. The largest absolute Gasteiger partial charge is 0.367 e. The number of hydrogen-bond acceptors (Lipinski definition) is 3. The van der Waals surface area contributed by atoms with Gasteiger partial charge in [0.15, 0.2) is 0 Å². The molecule has 4 nitrogen and oxygen atoms in total. The molecule has 4 rings (SSSR count). The fourth-order valence-corrected chi connectivity index (χ4v) is 3.87. The smallest absolute Gasteiger partial charge is 0.123 e. The molecule has 2 heterocycles. The fourth-order valence-electron chi connectivity index (χ4n) is 3.87. The van der Waals surface area contributed by atoms with E-state index in [2.05, 4.69) is 58.8 Å². The number of anilines is 1. The lowest BCUT2D eigenvalue weighted by molar-refractivity contribution is 0.414. The molecule has 0 aliphatic carbocycles. The van der Waals surface area contributed by atoms with E-state index in [-0.39, 0.29) is 5.82 Å². The Bertz CT molecular complexity index is 989. The monoisotopic (exact) mass is 364 g/mol. The van der Waals surface area contributed by atoms with Crippen LogP contribution in [-0.2, 0) is 19.4 Å². The predicted molar refractivity (Wildman–Crippen MR) is 111 cm³/mol. The van der Waals surface area contributed by atoms with E-state index in [1.165, 1.54) is 28.6 Å². The van der Waals surface area contributed by atoms with Crippen molar-refractivity contribution in [2.45, 2.75) is 19.4 Å². The molecular weight excluding hydrogens is 339 g/mol. The molecule has 0 radical (unpaired) electrons. The lowest BCUT2D eigenvalue weighted by Gasteiger charge is -2.30. The minimum absolute atomic E-state index is 0.186. The number of nitrogens with zero attached hydrogens (tertiary/aromatic N) is 3. The number of halogens is 1. The van der Waals surface area contributed by atoms with Crippen molar-refractivity contribution < 1.29 is 4.39 Å². The Labute approximate surface area is 159 Å². The normalized spacial score (nSPS) is 14.0. The van der Waals surface area contributed by atoms with Gasteiger partial charge in [-0.15, -0.1) is 0 Å². The molecule has 0 saturated heterocycles.